The minimum absolute atomic E-state index is 0.0562. The Morgan fingerprint density at radius 1 is 1.04 bits per heavy atom. The van der Waals surface area contributed by atoms with Gasteiger partial charge in [0, 0.05) is 11.7 Å². The van der Waals surface area contributed by atoms with Crippen molar-refractivity contribution in [2.45, 2.75) is 25.8 Å². The van der Waals surface area contributed by atoms with Crippen molar-refractivity contribution < 1.29 is 18.8 Å². The maximum Gasteiger partial charge on any atom is 0.257 e. The quantitative estimate of drug-likeness (QED) is 0.771. The molecule has 0 spiro atoms. The number of hydrogen-bond donors (Lipinski definition) is 2. The molecule has 1 aliphatic rings. The standard InChI is InChI=1S/C21H22FN3O3/c1-14-6-8-15(9-7-14)24-19(26)12-23-20(27)13-25(16-10-11-16)21(28)17-4-2-3-5-18(17)22/h2-9,16H,10-13H2,1H3,(H,23,27)(H,24,26). The summed E-state index contributed by atoms with van der Waals surface area (Å²) >= 11 is 0. The molecule has 7 heteroatoms. The van der Waals surface area contributed by atoms with E-state index in [0.717, 1.165) is 18.4 Å². The molecular formula is C21H22FN3O3. The predicted octanol–water partition coefficient (Wildman–Crippen LogP) is 2.49. The molecule has 146 valence electrons. The number of hydrogen-bond acceptors (Lipinski definition) is 3. The number of anilines is 1. The molecule has 6 nitrogen and oxygen atoms in total. The van der Waals surface area contributed by atoms with Crippen molar-refractivity contribution in [1.29, 1.82) is 0 Å². The molecule has 0 atom stereocenters. The van der Waals surface area contributed by atoms with Gasteiger partial charge >= 0.3 is 0 Å². The maximum atomic E-state index is 13.9. The van der Waals surface area contributed by atoms with Crippen molar-refractivity contribution in [3.8, 4) is 0 Å². The van der Waals surface area contributed by atoms with E-state index in [1.165, 1.54) is 23.1 Å². The summed E-state index contributed by atoms with van der Waals surface area (Å²) in [5, 5.41) is 5.19. The summed E-state index contributed by atoms with van der Waals surface area (Å²) in [4.78, 5) is 38.2. The van der Waals surface area contributed by atoms with Gasteiger partial charge in [-0.15, -0.1) is 0 Å². The third kappa shape index (κ3) is 5.16. The first kappa shape index (κ1) is 19.5. The summed E-state index contributed by atoms with van der Waals surface area (Å²) in [7, 11) is 0. The second-order valence-electron chi connectivity index (χ2n) is 6.84. The van der Waals surface area contributed by atoms with Crippen molar-refractivity contribution in [1.82, 2.24) is 10.2 Å². The van der Waals surface area contributed by atoms with Gasteiger partial charge in [-0.25, -0.2) is 4.39 Å². The van der Waals surface area contributed by atoms with Crippen LogP contribution in [-0.4, -0.2) is 41.8 Å². The van der Waals surface area contributed by atoms with Crippen LogP contribution in [0.5, 0.6) is 0 Å². The van der Waals surface area contributed by atoms with Crippen LogP contribution < -0.4 is 10.6 Å². The molecule has 0 aliphatic heterocycles. The van der Waals surface area contributed by atoms with Crippen LogP contribution in [0.1, 0.15) is 28.8 Å². The van der Waals surface area contributed by atoms with Crippen molar-refractivity contribution in [2.75, 3.05) is 18.4 Å². The number of nitrogens with zero attached hydrogens (tertiary/aromatic N) is 1. The van der Waals surface area contributed by atoms with E-state index >= 15 is 0 Å². The van der Waals surface area contributed by atoms with E-state index in [2.05, 4.69) is 10.6 Å². The number of halogens is 1. The van der Waals surface area contributed by atoms with Crippen molar-refractivity contribution in [3.63, 3.8) is 0 Å². The van der Waals surface area contributed by atoms with Crippen LogP contribution in [-0.2, 0) is 9.59 Å². The Bertz CT molecular complexity index is 879. The van der Waals surface area contributed by atoms with E-state index in [0.29, 0.717) is 5.69 Å². The van der Waals surface area contributed by atoms with Crippen LogP contribution in [0.3, 0.4) is 0 Å². The van der Waals surface area contributed by atoms with Crippen LogP contribution in [0.2, 0.25) is 0 Å². The lowest BCUT2D eigenvalue weighted by atomic mass is 10.2. The third-order valence-corrected chi connectivity index (χ3v) is 4.45. The van der Waals surface area contributed by atoms with Crippen LogP contribution in [0, 0.1) is 12.7 Å². The smallest absolute Gasteiger partial charge is 0.257 e. The van der Waals surface area contributed by atoms with E-state index in [1.807, 2.05) is 19.1 Å². The molecule has 1 saturated carbocycles. The summed E-state index contributed by atoms with van der Waals surface area (Å²) in [6.45, 7) is 1.52. The van der Waals surface area contributed by atoms with Crippen molar-refractivity contribution in [3.05, 3.63) is 65.5 Å². The largest absolute Gasteiger partial charge is 0.345 e. The van der Waals surface area contributed by atoms with Gasteiger partial charge in [-0.2, -0.15) is 0 Å². The number of nitrogens with one attached hydrogen (secondary N) is 2. The molecule has 0 radical (unpaired) electrons. The van der Waals surface area contributed by atoms with Gasteiger partial charge in [0.1, 0.15) is 12.4 Å². The lowest BCUT2D eigenvalue weighted by Gasteiger charge is -2.22. The third-order valence-electron chi connectivity index (χ3n) is 4.45. The zero-order chi connectivity index (χ0) is 20.1. The van der Waals surface area contributed by atoms with Gasteiger partial charge in [0.05, 0.1) is 12.1 Å². The molecular weight excluding hydrogens is 361 g/mol. The topological polar surface area (TPSA) is 78.5 Å². The van der Waals surface area contributed by atoms with Gasteiger partial charge in [0.15, 0.2) is 0 Å². The summed E-state index contributed by atoms with van der Waals surface area (Å²) in [5.41, 5.74) is 1.66. The maximum absolute atomic E-state index is 13.9. The lowest BCUT2D eigenvalue weighted by Crippen LogP contribution is -2.44. The molecule has 0 unspecified atom stereocenters. The zero-order valence-corrected chi connectivity index (χ0v) is 15.6. The number of amides is 3. The average Bonchev–Trinajstić information content (AvgIpc) is 3.51. The molecule has 2 N–H and O–H groups in total. The number of benzene rings is 2. The minimum Gasteiger partial charge on any atom is -0.345 e. The average molecular weight is 383 g/mol. The molecule has 3 amide bonds. The highest BCUT2D eigenvalue weighted by Crippen LogP contribution is 2.28. The molecule has 0 heterocycles. The SMILES string of the molecule is Cc1ccc(NC(=O)CNC(=O)CN(C(=O)c2ccccc2F)C2CC2)cc1. The summed E-state index contributed by atoms with van der Waals surface area (Å²) in [5.74, 6) is -1.96. The fraction of sp³-hybridized carbons (Fsp3) is 0.286. The Kier molecular flexibility index (Phi) is 6.03. The van der Waals surface area contributed by atoms with Crippen molar-refractivity contribution in [2.24, 2.45) is 0 Å². The molecule has 1 aliphatic carbocycles. The van der Waals surface area contributed by atoms with E-state index in [-0.39, 0.29) is 30.6 Å². The molecule has 1 fully saturated rings. The zero-order valence-electron chi connectivity index (χ0n) is 15.6. The number of carbonyl (C=O) groups is 3. The highest BCUT2D eigenvalue weighted by molar-refractivity contribution is 5.98. The predicted molar refractivity (Wildman–Crippen MR) is 103 cm³/mol. The van der Waals surface area contributed by atoms with Crippen LogP contribution in [0.15, 0.2) is 48.5 Å². The minimum atomic E-state index is -0.615. The second kappa shape index (κ2) is 8.65. The second-order valence-corrected chi connectivity index (χ2v) is 6.84. The Hall–Kier alpha value is -3.22. The van der Waals surface area contributed by atoms with E-state index in [9.17, 15) is 18.8 Å². The molecule has 0 bridgehead atoms. The summed E-state index contributed by atoms with van der Waals surface area (Å²) < 4.78 is 13.9. The Morgan fingerprint density at radius 2 is 1.71 bits per heavy atom. The fourth-order valence-corrected chi connectivity index (χ4v) is 2.77. The van der Waals surface area contributed by atoms with Gasteiger partial charge in [-0.3, -0.25) is 14.4 Å². The monoisotopic (exact) mass is 383 g/mol. The van der Waals surface area contributed by atoms with E-state index in [4.69, 9.17) is 0 Å². The van der Waals surface area contributed by atoms with E-state index < -0.39 is 17.6 Å². The molecule has 2 aromatic rings. The van der Waals surface area contributed by atoms with Gasteiger partial charge in [-0.1, -0.05) is 29.8 Å². The summed E-state index contributed by atoms with van der Waals surface area (Å²) in [6.07, 6.45) is 1.56. The van der Waals surface area contributed by atoms with Gasteiger partial charge in [0.2, 0.25) is 11.8 Å². The van der Waals surface area contributed by atoms with E-state index in [1.54, 1.807) is 18.2 Å². The molecule has 0 saturated heterocycles. The van der Waals surface area contributed by atoms with Crippen molar-refractivity contribution >= 4 is 23.4 Å². The Balaban J connectivity index is 1.53. The normalized spacial score (nSPS) is 12.9. The van der Waals surface area contributed by atoms with Crippen LogP contribution in [0.4, 0.5) is 10.1 Å². The van der Waals surface area contributed by atoms with Gasteiger partial charge in [0.25, 0.3) is 5.91 Å². The van der Waals surface area contributed by atoms with Gasteiger partial charge in [-0.05, 0) is 44.0 Å². The molecule has 0 aromatic heterocycles. The van der Waals surface area contributed by atoms with Crippen LogP contribution in [0.25, 0.3) is 0 Å². The Morgan fingerprint density at radius 3 is 2.36 bits per heavy atom. The van der Waals surface area contributed by atoms with Gasteiger partial charge < -0.3 is 15.5 Å². The van der Waals surface area contributed by atoms with Crippen LogP contribution >= 0.6 is 0 Å². The number of aryl methyl sites for hydroxylation is 1. The highest BCUT2D eigenvalue weighted by atomic mass is 19.1. The first-order chi connectivity index (χ1) is 13.4. The summed E-state index contributed by atoms with van der Waals surface area (Å²) in [6, 6.07) is 12.9. The number of rotatable bonds is 7. The Labute approximate surface area is 162 Å². The lowest BCUT2D eigenvalue weighted by molar-refractivity contribution is -0.124. The first-order valence-electron chi connectivity index (χ1n) is 9.13. The fourth-order valence-electron chi connectivity index (χ4n) is 2.77. The molecule has 28 heavy (non-hydrogen) atoms. The number of carbonyl (C=O) groups excluding carboxylic acids is 3. The highest BCUT2D eigenvalue weighted by Gasteiger charge is 2.35. The first-order valence-corrected chi connectivity index (χ1v) is 9.13. The molecule has 2 aromatic carbocycles. The molecule has 3 rings (SSSR count).